The van der Waals surface area contributed by atoms with Crippen molar-refractivity contribution < 1.29 is 19.2 Å². The molecule has 7 nitrogen and oxygen atoms in total. The summed E-state index contributed by atoms with van der Waals surface area (Å²) < 4.78 is 10.6. The monoisotopic (exact) mass is 320 g/mol. The third-order valence-electron chi connectivity index (χ3n) is 3.17. The molecule has 22 heavy (non-hydrogen) atoms. The van der Waals surface area contributed by atoms with E-state index in [-0.39, 0.29) is 31.5 Å². The average Bonchev–Trinajstić information content (AvgIpc) is 3.06. The van der Waals surface area contributed by atoms with Crippen LogP contribution >= 0.6 is 11.3 Å². The van der Waals surface area contributed by atoms with Gasteiger partial charge in [0.05, 0.1) is 16.4 Å². The van der Waals surface area contributed by atoms with Gasteiger partial charge in [0, 0.05) is 29.8 Å². The van der Waals surface area contributed by atoms with Gasteiger partial charge in [0.2, 0.25) is 0 Å². The third-order valence-corrected chi connectivity index (χ3v) is 4.04. The Morgan fingerprint density at radius 1 is 1.45 bits per heavy atom. The number of nitrogens with one attached hydrogen (secondary N) is 1. The fourth-order valence-corrected chi connectivity index (χ4v) is 2.83. The van der Waals surface area contributed by atoms with Gasteiger partial charge in [0.25, 0.3) is 11.6 Å². The lowest BCUT2D eigenvalue weighted by atomic mass is 10.1. The summed E-state index contributed by atoms with van der Waals surface area (Å²) in [5, 5.41) is 15.6. The number of fused-ring (bicyclic) bond motifs is 1. The van der Waals surface area contributed by atoms with E-state index in [2.05, 4.69) is 5.32 Å². The molecule has 1 N–H and O–H groups in total. The van der Waals surface area contributed by atoms with Crippen LogP contribution < -0.4 is 10.1 Å². The number of nitrogens with zero attached hydrogens (tertiary/aromatic N) is 1. The minimum Gasteiger partial charge on any atom is -0.467 e. The van der Waals surface area contributed by atoms with Gasteiger partial charge in [-0.3, -0.25) is 14.9 Å². The number of carbonyl (C=O) groups is 1. The normalized spacial score (nSPS) is 13.1. The number of ether oxygens (including phenoxy) is 2. The van der Waals surface area contributed by atoms with E-state index in [9.17, 15) is 14.9 Å². The number of nitro benzene ring substituents is 1. The van der Waals surface area contributed by atoms with E-state index in [1.54, 1.807) is 12.1 Å². The highest BCUT2D eigenvalue weighted by molar-refractivity contribution is 7.12. The van der Waals surface area contributed by atoms with Gasteiger partial charge in [-0.2, -0.15) is 0 Å². The lowest BCUT2D eigenvalue weighted by Gasteiger charge is -2.20. The van der Waals surface area contributed by atoms with Crippen molar-refractivity contribution >= 4 is 22.9 Å². The summed E-state index contributed by atoms with van der Waals surface area (Å²) >= 11 is 1.33. The Morgan fingerprint density at radius 3 is 3.05 bits per heavy atom. The van der Waals surface area contributed by atoms with Crippen molar-refractivity contribution in [3.63, 3.8) is 0 Å². The van der Waals surface area contributed by atoms with Gasteiger partial charge < -0.3 is 14.8 Å². The van der Waals surface area contributed by atoms with Crippen molar-refractivity contribution in [2.45, 2.75) is 13.2 Å². The van der Waals surface area contributed by atoms with E-state index < -0.39 is 4.92 Å². The number of hydrogen-bond donors (Lipinski definition) is 1. The maximum absolute atomic E-state index is 12.0. The molecule has 1 aliphatic rings. The molecular formula is C14H12N2O5S. The highest BCUT2D eigenvalue weighted by Crippen LogP contribution is 2.32. The molecular weight excluding hydrogens is 308 g/mol. The SMILES string of the molecule is O=C(NCc1cc([N+](=O)[O-])cc2c1OCOC2)c1cccs1. The fourth-order valence-electron chi connectivity index (χ4n) is 2.19. The van der Waals surface area contributed by atoms with E-state index in [4.69, 9.17) is 9.47 Å². The van der Waals surface area contributed by atoms with Crippen LogP contribution in [-0.4, -0.2) is 17.6 Å². The molecule has 0 saturated carbocycles. The molecule has 1 aromatic heterocycles. The molecule has 1 amide bonds. The summed E-state index contributed by atoms with van der Waals surface area (Å²) in [4.78, 5) is 23.1. The number of hydrogen-bond acceptors (Lipinski definition) is 6. The van der Waals surface area contributed by atoms with Crippen LogP contribution in [0, 0.1) is 10.1 Å². The molecule has 0 bridgehead atoms. The van der Waals surface area contributed by atoms with Crippen molar-refractivity contribution in [1.82, 2.24) is 5.32 Å². The summed E-state index contributed by atoms with van der Waals surface area (Å²) in [6.45, 7) is 0.500. The molecule has 114 valence electrons. The highest BCUT2D eigenvalue weighted by atomic mass is 32.1. The molecule has 0 radical (unpaired) electrons. The number of rotatable bonds is 4. The molecule has 1 aromatic carbocycles. The van der Waals surface area contributed by atoms with Crippen LogP contribution in [0.3, 0.4) is 0 Å². The first-order valence-electron chi connectivity index (χ1n) is 6.47. The highest BCUT2D eigenvalue weighted by Gasteiger charge is 2.21. The summed E-state index contributed by atoms with van der Waals surface area (Å²) in [6, 6.07) is 6.35. The fraction of sp³-hybridized carbons (Fsp3) is 0.214. The molecule has 8 heteroatoms. The van der Waals surface area contributed by atoms with Crippen LogP contribution in [0.5, 0.6) is 5.75 Å². The van der Waals surface area contributed by atoms with Crippen LogP contribution in [0.15, 0.2) is 29.6 Å². The summed E-state index contributed by atoms with van der Waals surface area (Å²) in [7, 11) is 0. The van der Waals surface area contributed by atoms with Crippen LogP contribution in [0.25, 0.3) is 0 Å². The maximum Gasteiger partial charge on any atom is 0.270 e. The Kier molecular flexibility index (Phi) is 4.03. The van der Waals surface area contributed by atoms with Gasteiger partial charge in [-0.1, -0.05) is 6.07 Å². The molecule has 0 spiro atoms. The number of thiophene rings is 1. The Bertz CT molecular complexity index is 714. The van der Waals surface area contributed by atoms with Crippen LogP contribution in [0.4, 0.5) is 5.69 Å². The van der Waals surface area contributed by atoms with E-state index in [0.29, 0.717) is 21.8 Å². The molecule has 0 unspecified atom stereocenters. The van der Waals surface area contributed by atoms with Gasteiger partial charge in [-0.15, -0.1) is 11.3 Å². The molecule has 2 aromatic rings. The zero-order valence-corrected chi connectivity index (χ0v) is 12.2. The number of benzene rings is 1. The second-order valence-electron chi connectivity index (χ2n) is 4.62. The molecule has 0 atom stereocenters. The number of nitro groups is 1. The smallest absolute Gasteiger partial charge is 0.270 e. The second-order valence-corrected chi connectivity index (χ2v) is 5.57. The third kappa shape index (κ3) is 2.92. The van der Waals surface area contributed by atoms with Crippen molar-refractivity contribution in [3.05, 3.63) is 55.8 Å². The second kappa shape index (κ2) is 6.12. The first-order valence-corrected chi connectivity index (χ1v) is 7.35. The van der Waals surface area contributed by atoms with Crippen molar-refractivity contribution in [3.8, 4) is 5.75 Å². The molecule has 0 fully saturated rings. The largest absolute Gasteiger partial charge is 0.467 e. The van der Waals surface area contributed by atoms with Crippen molar-refractivity contribution in [2.75, 3.05) is 6.79 Å². The van der Waals surface area contributed by atoms with Crippen molar-refractivity contribution in [2.24, 2.45) is 0 Å². The Morgan fingerprint density at radius 2 is 2.32 bits per heavy atom. The maximum atomic E-state index is 12.0. The minimum absolute atomic E-state index is 0.0479. The zero-order valence-electron chi connectivity index (χ0n) is 11.4. The van der Waals surface area contributed by atoms with Gasteiger partial charge in [-0.25, -0.2) is 0 Å². The van der Waals surface area contributed by atoms with Crippen LogP contribution in [0.1, 0.15) is 20.8 Å². The van der Waals surface area contributed by atoms with E-state index >= 15 is 0 Å². The molecule has 3 rings (SSSR count). The van der Waals surface area contributed by atoms with Crippen LogP contribution in [-0.2, 0) is 17.9 Å². The first kappa shape index (κ1) is 14.5. The Labute approximate surface area is 129 Å². The standard InChI is InChI=1S/C14H12N2O5S/c17-14(12-2-1-3-22-12)15-6-9-4-11(16(18)19)5-10-7-20-8-21-13(9)10/h1-5H,6-8H2,(H,15,17). The van der Waals surface area contributed by atoms with Gasteiger partial charge in [0.1, 0.15) is 5.75 Å². The topological polar surface area (TPSA) is 90.7 Å². The summed E-state index contributed by atoms with van der Waals surface area (Å²) in [6.07, 6.45) is 0. The summed E-state index contributed by atoms with van der Waals surface area (Å²) in [5.74, 6) is 0.325. The average molecular weight is 320 g/mol. The predicted molar refractivity (Wildman–Crippen MR) is 78.9 cm³/mol. The Balaban J connectivity index is 1.84. The molecule has 0 saturated heterocycles. The number of carbonyl (C=O) groups excluding carboxylic acids is 1. The zero-order chi connectivity index (χ0) is 15.5. The molecule has 1 aliphatic heterocycles. The van der Waals surface area contributed by atoms with Gasteiger partial charge in [0.15, 0.2) is 6.79 Å². The van der Waals surface area contributed by atoms with E-state index in [1.165, 1.54) is 23.5 Å². The summed E-state index contributed by atoms with van der Waals surface area (Å²) in [5.41, 5.74) is 1.13. The first-order chi connectivity index (χ1) is 10.6. The van der Waals surface area contributed by atoms with Crippen LogP contribution in [0.2, 0.25) is 0 Å². The number of amides is 1. The Hall–Kier alpha value is -2.45. The molecule has 0 aliphatic carbocycles. The predicted octanol–water partition coefficient (Wildman–Crippen LogP) is 2.45. The van der Waals surface area contributed by atoms with E-state index in [0.717, 1.165) is 0 Å². The van der Waals surface area contributed by atoms with Gasteiger partial charge >= 0.3 is 0 Å². The van der Waals surface area contributed by atoms with Crippen molar-refractivity contribution in [1.29, 1.82) is 0 Å². The van der Waals surface area contributed by atoms with E-state index in [1.807, 2.05) is 5.38 Å². The minimum atomic E-state index is -0.473. The quantitative estimate of drug-likeness (QED) is 0.690. The van der Waals surface area contributed by atoms with Gasteiger partial charge in [-0.05, 0) is 11.4 Å². The molecule has 2 heterocycles. The number of non-ortho nitro benzene ring substituents is 1. The lowest BCUT2D eigenvalue weighted by molar-refractivity contribution is -0.385. The lowest BCUT2D eigenvalue weighted by Crippen LogP contribution is -2.23.